The zero-order valence-corrected chi connectivity index (χ0v) is 9.95. The summed E-state index contributed by atoms with van der Waals surface area (Å²) in [5.41, 5.74) is 4.72. The number of aliphatic hydroxyl groups is 1. The van der Waals surface area contributed by atoms with Crippen LogP contribution in [0.2, 0.25) is 0 Å². The molecule has 0 radical (unpaired) electrons. The fraction of sp³-hybridized carbons (Fsp3) is 0.500. The summed E-state index contributed by atoms with van der Waals surface area (Å²) in [6.07, 6.45) is -0.709. The van der Waals surface area contributed by atoms with Crippen LogP contribution in [0, 0.1) is 13.8 Å². The van der Waals surface area contributed by atoms with E-state index in [1.165, 1.54) is 0 Å². The Morgan fingerprint density at radius 1 is 1.31 bits per heavy atom. The molecule has 1 atom stereocenters. The first kappa shape index (κ1) is 13.0. The Labute approximate surface area is 95.8 Å². The summed E-state index contributed by atoms with van der Waals surface area (Å²) in [6, 6.07) is 3.80. The van der Waals surface area contributed by atoms with E-state index in [9.17, 15) is 5.11 Å². The summed E-state index contributed by atoms with van der Waals surface area (Å²) < 4.78 is 5.47. The third kappa shape index (κ3) is 2.95. The third-order valence-corrected chi connectivity index (χ3v) is 2.51. The number of aliphatic hydroxyl groups excluding tert-OH is 1. The second-order valence-corrected chi connectivity index (χ2v) is 3.79. The maximum absolute atomic E-state index is 9.78. The second-order valence-electron chi connectivity index (χ2n) is 3.79. The van der Waals surface area contributed by atoms with Crippen molar-refractivity contribution in [3.63, 3.8) is 0 Å². The number of nitrogens with one attached hydrogen (secondary N) is 1. The van der Waals surface area contributed by atoms with Crippen molar-refractivity contribution in [1.82, 2.24) is 5.48 Å². The molecule has 0 aliphatic carbocycles. The van der Waals surface area contributed by atoms with Crippen molar-refractivity contribution in [3.05, 3.63) is 28.8 Å². The SMILES string of the molecule is CCOc1cc(C)c(C(O)CNO)cc1C. The smallest absolute Gasteiger partial charge is 0.122 e. The fourth-order valence-corrected chi connectivity index (χ4v) is 1.68. The van der Waals surface area contributed by atoms with Crippen molar-refractivity contribution in [2.24, 2.45) is 0 Å². The number of rotatable bonds is 5. The van der Waals surface area contributed by atoms with E-state index in [0.717, 1.165) is 22.4 Å². The van der Waals surface area contributed by atoms with Gasteiger partial charge in [-0.2, -0.15) is 0 Å². The van der Waals surface area contributed by atoms with Crippen LogP contribution in [-0.4, -0.2) is 23.5 Å². The van der Waals surface area contributed by atoms with Crippen LogP contribution in [0.5, 0.6) is 5.75 Å². The Morgan fingerprint density at radius 2 is 2.00 bits per heavy atom. The lowest BCUT2D eigenvalue weighted by molar-refractivity contribution is 0.0917. The Hall–Kier alpha value is -1.10. The summed E-state index contributed by atoms with van der Waals surface area (Å²) in [7, 11) is 0. The minimum Gasteiger partial charge on any atom is -0.494 e. The lowest BCUT2D eigenvalue weighted by Crippen LogP contribution is -2.18. The molecule has 90 valence electrons. The second kappa shape index (κ2) is 5.84. The average Bonchev–Trinajstić information content (AvgIpc) is 2.23. The average molecular weight is 225 g/mol. The van der Waals surface area contributed by atoms with Gasteiger partial charge in [0.2, 0.25) is 0 Å². The van der Waals surface area contributed by atoms with Crippen molar-refractivity contribution in [2.75, 3.05) is 13.2 Å². The summed E-state index contributed by atoms with van der Waals surface area (Å²) in [5.74, 6) is 0.841. The zero-order chi connectivity index (χ0) is 12.1. The van der Waals surface area contributed by atoms with Crippen LogP contribution in [0.4, 0.5) is 0 Å². The largest absolute Gasteiger partial charge is 0.494 e. The Morgan fingerprint density at radius 3 is 2.56 bits per heavy atom. The predicted molar refractivity (Wildman–Crippen MR) is 61.8 cm³/mol. The summed E-state index contributed by atoms with van der Waals surface area (Å²) >= 11 is 0. The van der Waals surface area contributed by atoms with Crippen LogP contribution in [0.3, 0.4) is 0 Å². The quantitative estimate of drug-likeness (QED) is 0.668. The summed E-state index contributed by atoms with van der Waals surface area (Å²) in [6.45, 7) is 6.53. The van der Waals surface area contributed by atoms with E-state index in [2.05, 4.69) is 0 Å². The molecule has 16 heavy (non-hydrogen) atoms. The molecule has 0 spiro atoms. The number of ether oxygens (including phenoxy) is 1. The van der Waals surface area contributed by atoms with E-state index < -0.39 is 6.10 Å². The first-order chi connectivity index (χ1) is 7.60. The Bertz CT molecular complexity index is 352. The lowest BCUT2D eigenvalue weighted by atomic mass is 10.00. The third-order valence-electron chi connectivity index (χ3n) is 2.51. The molecule has 0 saturated carbocycles. The van der Waals surface area contributed by atoms with Crippen LogP contribution in [0.15, 0.2) is 12.1 Å². The number of hydrogen-bond donors (Lipinski definition) is 3. The first-order valence-electron chi connectivity index (χ1n) is 5.39. The van der Waals surface area contributed by atoms with Gasteiger partial charge >= 0.3 is 0 Å². The molecule has 1 unspecified atom stereocenters. The normalized spacial score (nSPS) is 12.6. The Kier molecular flexibility index (Phi) is 4.73. The van der Waals surface area contributed by atoms with Gasteiger partial charge in [0.15, 0.2) is 0 Å². The maximum atomic E-state index is 9.78. The molecule has 0 bridgehead atoms. The minimum absolute atomic E-state index is 0.119. The van der Waals surface area contributed by atoms with Crippen LogP contribution >= 0.6 is 0 Å². The highest BCUT2D eigenvalue weighted by Gasteiger charge is 2.12. The molecule has 0 saturated heterocycles. The van der Waals surface area contributed by atoms with Crippen LogP contribution in [0.1, 0.15) is 29.7 Å². The van der Waals surface area contributed by atoms with Crippen molar-refractivity contribution in [2.45, 2.75) is 26.9 Å². The highest BCUT2D eigenvalue weighted by Crippen LogP contribution is 2.26. The molecule has 0 aromatic heterocycles. The fourth-order valence-electron chi connectivity index (χ4n) is 1.68. The topological polar surface area (TPSA) is 61.7 Å². The molecule has 1 rings (SSSR count). The van der Waals surface area contributed by atoms with Gasteiger partial charge in [0.1, 0.15) is 5.75 Å². The van der Waals surface area contributed by atoms with Gasteiger partial charge in [-0.3, -0.25) is 0 Å². The van der Waals surface area contributed by atoms with Crippen molar-refractivity contribution < 1.29 is 15.1 Å². The van der Waals surface area contributed by atoms with Gasteiger partial charge in [-0.1, -0.05) is 0 Å². The molecule has 1 aromatic rings. The number of aryl methyl sites for hydroxylation is 2. The summed E-state index contributed by atoms with van der Waals surface area (Å²) in [5, 5.41) is 18.3. The molecule has 4 nitrogen and oxygen atoms in total. The van der Waals surface area contributed by atoms with Crippen molar-refractivity contribution in [3.8, 4) is 5.75 Å². The van der Waals surface area contributed by atoms with E-state index in [4.69, 9.17) is 9.94 Å². The van der Waals surface area contributed by atoms with Gasteiger partial charge in [-0.15, -0.1) is 0 Å². The number of hydrogen-bond acceptors (Lipinski definition) is 4. The van der Waals surface area contributed by atoms with Gasteiger partial charge in [0.25, 0.3) is 0 Å². The van der Waals surface area contributed by atoms with Gasteiger partial charge < -0.3 is 15.1 Å². The highest BCUT2D eigenvalue weighted by atomic mass is 16.5. The predicted octanol–water partition coefficient (Wildman–Crippen LogP) is 1.71. The molecular formula is C12H19NO3. The van der Waals surface area contributed by atoms with E-state index >= 15 is 0 Å². The van der Waals surface area contributed by atoms with Crippen LogP contribution < -0.4 is 10.2 Å². The van der Waals surface area contributed by atoms with Gasteiger partial charge in [0, 0.05) is 0 Å². The molecule has 1 aromatic carbocycles. The molecular weight excluding hydrogens is 206 g/mol. The number of hydroxylamine groups is 1. The van der Waals surface area contributed by atoms with Gasteiger partial charge in [0.05, 0.1) is 19.3 Å². The zero-order valence-electron chi connectivity index (χ0n) is 9.95. The van der Waals surface area contributed by atoms with E-state index in [1.807, 2.05) is 38.4 Å². The first-order valence-corrected chi connectivity index (χ1v) is 5.39. The molecule has 0 aliphatic rings. The molecule has 0 aliphatic heterocycles. The van der Waals surface area contributed by atoms with E-state index in [1.54, 1.807) is 0 Å². The minimum atomic E-state index is -0.709. The van der Waals surface area contributed by atoms with E-state index in [-0.39, 0.29) is 6.54 Å². The maximum Gasteiger partial charge on any atom is 0.122 e. The van der Waals surface area contributed by atoms with Crippen molar-refractivity contribution >= 4 is 0 Å². The summed E-state index contributed by atoms with van der Waals surface area (Å²) in [4.78, 5) is 0. The van der Waals surface area contributed by atoms with Gasteiger partial charge in [-0.25, -0.2) is 5.48 Å². The number of benzene rings is 1. The molecule has 3 N–H and O–H groups in total. The van der Waals surface area contributed by atoms with Crippen molar-refractivity contribution in [1.29, 1.82) is 0 Å². The molecule has 4 heteroatoms. The Balaban J connectivity index is 3.00. The van der Waals surface area contributed by atoms with Crippen LogP contribution in [-0.2, 0) is 0 Å². The lowest BCUT2D eigenvalue weighted by Gasteiger charge is -2.16. The molecule has 0 fully saturated rings. The standard InChI is InChI=1S/C12H19NO3/c1-4-16-12-6-8(2)10(5-9(12)3)11(14)7-13-15/h5-6,11,13-15H,4,7H2,1-3H3. The molecule has 0 heterocycles. The van der Waals surface area contributed by atoms with Gasteiger partial charge in [-0.05, 0) is 49.6 Å². The van der Waals surface area contributed by atoms with Crippen LogP contribution in [0.25, 0.3) is 0 Å². The monoisotopic (exact) mass is 225 g/mol. The highest BCUT2D eigenvalue weighted by molar-refractivity contribution is 5.42. The molecule has 0 amide bonds. The van der Waals surface area contributed by atoms with E-state index in [0.29, 0.717) is 6.61 Å².